The van der Waals surface area contributed by atoms with Crippen molar-refractivity contribution < 1.29 is 22.9 Å². The summed E-state index contributed by atoms with van der Waals surface area (Å²) in [6, 6.07) is 9.87. The molecule has 0 heterocycles. The van der Waals surface area contributed by atoms with Crippen molar-refractivity contribution in [2.45, 2.75) is 23.8 Å². The van der Waals surface area contributed by atoms with Gasteiger partial charge in [0.15, 0.2) is 0 Å². The lowest BCUT2D eigenvalue weighted by atomic mass is 10.2. The third-order valence-electron chi connectivity index (χ3n) is 4.17. The summed E-state index contributed by atoms with van der Waals surface area (Å²) in [4.78, 5) is 22.4. The number of rotatable bonds is 8. The van der Waals surface area contributed by atoms with E-state index in [0.717, 1.165) is 12.8 Å². The molecule has 0 spiro atoms. The van der Waals surface area contributed by atoms with Crippen molar-refractivity contribution in [3.8, 4) is 5.75 Å². The number of carbonyl (C=O) groups is 1. The number of nitrogens with one attached hydrogen (secondary N) is 2. The van der Waals surface area contributed by atoms with Crippen LogP contribution in [-0.2, 0) is 14.8 Å². The highest BCUT2D eigenvalue weighted by atomic mass is 32.2. The molecule has 2 N–H and O–H groups in total. The molecule has 0 aliphatic heterocycles. The zero-order chi connectivity index (χ0) is 21.0. The van der Waals surface area contributed by atoms with Gasteiger partial charge in [0.2, 0.25) is 15.9 Å². The van der Waals surface area contributed by atoms with Gasteiger partial charge in [-0.3, -0.25) is 14.9 Å². The molecular weight excluding hydrogens is 398 g/mol. The maximum atomic E-state index is 12.4. The predicted molar refractivity (Wildman–Crippen MR) is 107 cm³/mol. The van der Waals surface area contributed by atoms with Crippen molar-refractivity contribution in [2.24, 2.45) is 0 Å². The van der Waals surface area contributed by atoms with Crippen LogP contribution >= 0.6 is 0 Å². The highest BCUT2D eigenvalue weighted by molar-refractivity contribution is 7.89. The summed E-state index contributed by atoms with van der Waals surface area (Å²) in [7, 11) is -2.27. The third-order valence-corrected chi connectivity index (χ3v) is 5.69. The fourth-order valence-corrected chi connectivity index (χ4v) is 3.82. The third kappa shape index (κ3) is 5.39. The van der Waals surface area contributed by atoms with Crippen LogP contribution in [0.15, 0.2) is 53.4 Å². The molecule has 0 radical (unpaired) electrons. The molecule has 29 heavy (non-hydrogen) atoms. The summed E-state index contributed by atoms with van der Waals surface area (Å²) >= 11 is 0. The zero-order valence-corrected chi connectivity index (χ0v) is 16.3. The lowest BCUT2D eigenvalue weighted by Crippen LogP contribution is -2.25. The summed E-state index contributed by atoms with van der Waals surface area (Å²) in [5.41, 5.74) is 0.765. The molecule has 9 nitrogen and oxygen atoms in total. The second-order valence-electron chi connectivity index (χ2n) is 6.43. The Hall–Kier alpha value is -3.24. The molecular formula is C19H19N3O6S. The Morgan fingerprint density at radius 2 is 1.90 bits per heavy atom. The maximum Gasteiger partial charge on any atom is 0.269 e. The Morgan fingerprint density at radius 3 is 2.48 bits per heavy atom. The summed E-state index contributed by atoms with van der Waals surface area (Å²) in [6.45, 7) is 0. The molecule has 0 unspecified atom stereocenters. The van der Waals surface area contributed by atoms with Crippen LogP contribution < -0.4 is 14.8 Å². The van der Waals surface area contributed by atoms with Crippen LogP contribution in [0.3, 0.4) is 0 Å². The molecule has 2 aromatic rings. The molecule has 10 heteroatoms. The van der Waals surface area contributed by atoms with Crippen LogP contribution in [0.1, 0.15) is 18.4 Å². The number of sulfonamides is 1. The van der Waals surface area contributed by atoms with Gasteiger partial charge in [-0.2, -0.15) is 0 Å². The first-order valence-electron chi connectivity index (χ1n) is 8.72. The number of hydrogen-bond acceptors (Lipinski definition) is 6. The Balaban J connectivity index is 1.74. The number of nitrogens with zero attached hydrogens (tertiary/aromatic N) is 1. The van der Waals surface area contributed by atoms with Crippen LogP contribution in [0, 0.1) is 10.1 Å². The van der Waals surface area contributed by atoms with Gasteiger partial charge >= 0.3 is 0 Å². The fraction of sp³-hybridized carbons (Fsp3) is 0.211. The van der Waals surface area contributed by atoms with Gasteiger partial charge in [-0.1, -0.05) is 0 Å². The normalized spacial score (nSPS) is 14.0. The molecule has 1 aliphatic carbocycles. The number of nitro groups is 1. The van der Waals surface area contributed by atoms with Gasteiger partial charge in [-0.25, -0.2) is 13.1 Å². The van der Waals surface area contributed by atoms with Crippen molar-refractivity contribution >= 4 is 33.4 Å². The van der Waals surface area contributed by atoms with Gasteiger partial charge < -0.3 is 10.1 Å². The minimum Gasteiger partial charge on any atom is -0.495 e. The second kappa shape index (κ2) is 8.41. The average molecular weight is 417 g/mol. The Morgan fingerprint density at radius 1 is 1.21 bits per heavy atom. The Labute approximate surface area is 167 Å². The van der Waals surface area contributed by atoms with Crippen molar-refractivity contribution in [1.82, 2.24) is 4.72 Å². The van der Waals surface area contributed by atoms with Gasteiger partial charge in [0.05, 0.1) is 22.6 Å². The van der Waals surface area contributed by atoms with Crippen LogP contribution in [0.2, 0.25) is 0 Å². The van der Waals surface area contributed by atoms with Crippen LogP contribution in [-0.4, -0.2) is 32.4 Å². The molecule has 0 bridgehead atoms. The minimum atomic E-state index is -3.68. The van der Waals surface area contributed by atoms with Gasteiger partial charge in [0, 0.05) is 24.3 Å². The number of anilines is 1. The number of benzene rings is 2. The van der Waals surface area contributed by atoms with Crippen LogP contribution in [0.25, 0.3) is 6.08 Å². The fourth-order valence-electron chi connectivity index (χ4n) is 2.49. The number of hydrogen-bond donors (Lipinski definition) is 2. The van der Waals surface area contributed by atoms with Crippen molar-refractivity contribution in [1.29, 1.82) is 0 Å². The van der Waals surface area contributed by atoms with Crippen LogP contribution in [0.4, 0.5) is 11.4 Å². The van der Waals surface area contributed by atoms with Gasteiger partial charge in [-0.15, -0.1) is 0 Å². The maximum absolute atomic E-state index is 12.4. The topological polar surface area (TPSA) is 128 Å². The molecule has 1 saturated carbocycles. The van der Waals surface area contributed by atoms with E-state index in [0.29, 0.717) is 11.3 Å². The number of methoxy groups -OCH3 is 1. The molecule has 1 aliphatic rings. The van der Waals surface area contributed by atoms with E-state index in [1.807, 2.05) is 0 Å². The number of nitro benzene ring substituents is 1. The average Bonchev–Trinajstić information content (AvgIpc) is 3.50. The molecule has 0 saturated heterocycles. The summed E-state index contributed by atoms with van der Waals surface area (Å²) in [5.74, 6) is -0.196. The predicted octanol–water partition coefficient (Wildman–Crippen LogP) is 2.70. The molecule has 1 amide bonds. The number of amides is 1. The first-order chi connectivity index (χ1) is 13.8. The van der Waals surface area contributed by atoms with E-state index in [4.69, 9.17) is 4.74 Å². The number of carbonyl (C=O) groups excluding carboxylic acids is 1. The number of ether oxygens (including phenoxy) is 1. The van der Waals surface area contributed by atoms with E-state index in [-0.39, 0.29) is 22.3 Å². The Bertz CT molecular complexity index is 1060. The lowest BCUT2D eigenvalue weighted by molar-refractivity contribution is -0.384. The minimum absolute atomic E-state index is 0.0276. The smallest absolute Gasteiger partial charge is 0.269 e. The Kier molecular flexibility index (Phi) is 5.95. The standard InChI is InChI=1S/C19H19N3O6S/c1-28-18-10-9-16(29(26,27)21-14-5-6-14)12-17(18)20-19(23)11-4-13-2-7-15(8-3-13)22(24)25/h2-4,7-12,14,21H,5-6H2,1H3,(H,20,23)/b11-4+. The molecule has 0 aromatic heterocycles. The van der Waals surface area contributed by atoms with Crippen molar-refractivity contribution in [3.63, 3.8) is 0 Å². The van der Waals surface area contributed by atoms with Gasteiger partial charge in [0.1, 0.15) is 5.75 Å². The van der Waals surface area contributed by atoms with E-state index >= 15 is 0 Å². The summed E-state index contributed by atoms with van der Waals surface area (Å²) in [5, 5.41) is 13.3. The SMILES string of the molecule is COc1ccc(S(=O)(=O)NC2CC2)cc1NC(=O)/C=C/c1ccc([N+](=O)[O-])cc1. The quantitative estimate of drug-likeness (QED) is 0.386. The lowest BCUT2D eigenvalue weighted by Gasteiger charge is -2.12. The van der Waals surface area contributed by atoms with Crippen molar-refractivity contribution in [3.05, 3.63) is 64.2 Å². The van der Waals surface area contributed by atoms with E-state index in [9.17, 15) is 23.3 Å². The molecule has 0 atom stereocenters. The zero-order valence-electron chi connectivity index (χ0n) is 15.5. The molecule has 152 valence electrons. The monoisotopic (exact) mass is 417 g/mol. The summed E-state index contributed by atoms with van der Waals surface area (Å²) < 4.78 is 32.5. The largest absolute Gasteiger partial charge is 0.495 e. The van der Waals surface area contributed by atoms with E-state index in [1.54, 1.807) is 0 Å². The van der Waals surface area contributed by atoms with Crippen LogP contribution in [0.5, 0.6) is 5.75 Å². The molecule has 2 aromatic carbocycles. The van der Waals surface area contributed by atoms with Crippen molar-refractivity contribution in [2.75, 3.05) is 12.4 Å². The number of non-ortho nitro benzene ring substituents is 1. The highest BCUT2D eigenvalue weighted by Gasteiger charge is 2.28. The van der Waals surface area contributed by atoms with E-state index in [1.165, 1.54) is 61.7 Å². The second-order valence-corrected chi connectivity index (χ2v) is 8.14. The van der Waals surface area contributed by atoms with Gasteiger partial charge in [-0.05, 0) is 54.8 Å². The summed E-state index contributed by atoms with van der Waals surface area (Å²) in [6.07, 6.45) is 4.35. The first-order valence-corrected chi connectivity index (χ1v) is 10.2. The first kappa shape index (κ1) is 20.5. The molecule has 1 fully saturated rings. The van der Waals surface area contributed by atoms with E-state index in [2.05, 4.69) is 10.0 Å². The molecule has 3 rings (SSSR count). The van der Waals surface area contributed by atoms with E-state index < -0.39 is 20.9 Å². The van der Waals surface area contributed by atoms with Gasteiger partial charge in [0.25, 0.3) is 5.69 Å². The highest BCUT2D eigenvalue weighted by Crippen LogP contribution is 2.29.